The fourth-order valence-corrected chi connectivity index (χ4v) is 7.75. The van der Waals surface area contributed by atoms with E-state index in [0.29, 0.717) is 13.2 Å². The number of aliphatic hydroxyl groups excluding tert-OH is 2. The molecule has 0 radical (unpaired) electrons. The molecule has 6 N–H and O–H groups in total. The summed E-state index contributed by atoms with van der Waals surface area (Å²) in [5.41, 5.74) is 2.92. The van der Waals surface area contributed by atoms with Gasteiger partial charge in [-0.25, -0.2) is 13.7 Å². The Balaban J connectivity index is 1.52. The van der Waals surface area contributed by atoms with Crippen LogP contribution >= 0.6 is 15.4 Å². The molecule has 17 heteroatoms. The van der Waals surface area contributed by atoms with Crippen molar-refractivity contribution in [1.29, 1.82) is 0 Å². The summed E-state index contributed by atoms with van der Waals surface area (Å²) in [7, 11) is -9.66. The summed E-state index contributed by atoms with van der Waals surface area (Å²) in [5.74, 6) is -0.0460. The SMILES string of the molecule is CCCCCCCCCCCCCCCCOCCCOP(=O)(O)OP(=O)(O)COC[C@H]1O[C@@](C)(n2ccc(N)nc2=O)[C@H](O)[C@@H]1O. The molecule has 0 aromatic carbocycles. The number of nitrogen functional groups attached to an aromatic ring is 1. The summed E-state index contributed by atoms with van der Waals surface area (Å²) in [5, 5.41) is 20.9. The minimum atomic E-state index is -4.89. The van der Waals surface area contributed by atoms with Crippen LogP contribution in [-0.2, 0) is 37.9 Å². The van der Waals surface area contributed by atoms with E-state index in [1.807, 2.05) is 0 Å². The van der Waals surface area contributed by atoms with Gasteiger partial charge in [0.05, 0.1) is 13.2 Å². The van der Waals surface area contributed by atoms with E-state index in [9.17, 15) is 33.9 Å². The minimum Gasteiger partial charge on any atom is -0.387 e. The lowest BCUT2D eigenvalue weighted by Crippen LogP contribution is -2.48. The number of nitrogens with two attached hydrogens (primary N) is 1. The van der Waals surface area contributed by atoms with Gasteiger partial charge in [-0.1, -0.05) is 90.4 Å². The molecule has 6 atom stereocenters. The Bertz CT molecular complexity index is 1180. The van der Waals surface area contributed by atoms with E-state index in [1.165, 1.54) is 96.2 Å². The second-order valence-corrected chi connectivity index (χ2v) is 15.6. The van der Waals surface area contributed by atoms with Crippen molar-refractivity contribution in [2.24, 2.45) is 0 Å². The van der Waals surface area contributed by atoms with E-state index >= 15 is 0 Å². The third kappa shape index (κ3) is 15.9. The average Bonchev–Trinajstić information content (AvgIpc) is 3.21. The maximum Gasteiger partial charge on any atom is 0.479 e. The molecule has 274 valence electrons. The highest BCUT2D eigenvalue weighted by atomic mass is 31.3. The second kappa shape index (κ2) is 21.8. The van der Waals surface area contributed by atoms with Crippen LogP contribution in [0.1, 0.15) is 110 Å². The summed E-state index contributed by atoms with van der Waals surface area (Å²) in [4.78, 5) is 35.7. The summed E-state index contributed by atoms with van der Waals surface area (Å²) in [6, 6.07) is 1.31. The normalized spacial score (nSPS) is 23.9. The van der Waals surface area contributed by atoms with E-state index in [0.717, 1.165) is 17.4 Å². The van der Waals surface area contributed by atoms with E-state index < -0.39 is 58.1 Å². The molecule has 0 bridgehead atoms. The Morgan fingerprint density at radius 1 is 0.894 bits per heavy atom. The highest BCUT2D eigenvalue weighted by Gasteiger charge is 2.53. The molecule has 47 heavy (non-hydrogen) atoms. The molecular weight excluding hydrogens is 656 g/mol. The van der Waals surface area contributed by atoms with Crippen LogP contribution < -0.4 is 11.4 Å². The summed E-state index contributed by atoms with van der Waals surface area (Å²) in [6.07, 6.45) is 14.0. The third-order valence-electron chi connectivity index (χ3n) is 8.04. The lowest BCUT2D eigenvalue weighted by molar-refractivity contribution is -0.140. The quantitative estimate of drug-likeness (QED) is 0.0611. The van der Waals surface area contributed by atoms with E-state index in [4.69, 9.17) is 24.5 Å². The van der Waals surface area contributed by atoms with Crippen molar-refractivity contribution < 1.29 is 52.2 Å². The number of anilines is 1. The predicted molar refractivity (Wildman–Crippen MR) is 177 cm³/mol. The van der Waals surface area contributed by atoms with Crippen molar-refractivity contribution in [3.63, 3.8) is 0 Å². The Morgan fingerprint density at radius 3 is 2.02 bits per heavy atom. The highest BCUT2D eigenvalue weighted by molar-refractivity contribution is 7.63. The van der Waals surface area contributed by atoms with Gasteiger partial charge in [0.2, 0.25) is 0 Å². The van der Waals surface area contributed by atoms with Crippen LogP contribution in [0.3, 0.4) is 0 Å². The lowest BCUT2D eigenvalue weighted by atomic mass is 10.0. The number of phosphoric acid groups is 1. The molecule has 0 aliphatic carbocycles. The van der Waals surface area contributed by atoms with Crippen LogP contribution in [0, 0.1) is 0 Å². The maximum atomic E-state index is 12.3. The van der Waals surface area contributed by atoms with Gasteiger partial charge in [0.1, 0.15) is 30.5 Å². The number of phosphoric ester groups is 1. The fourth-order valence-electron chi connectivity index (χ4n) is 5.39. The number of aliphatic hydroxyl groups is 2. The first-order chi connectivity index (χ1) is 22.3. The van der Waals surface area contributed by atoms with Crippen LogP contribution in [0.4, 0.5) is 5.82 Å². The van der Waals surface area contributed by atoms with Crippen molar-refractivity contribution in [2.75, 3.05) is 38.5 Å². The van der Waals surface area contributed by atoms with Crippen LogP contribution in [-0.4, -0.2) is 80.6 Å². The number of aromatic nitrogens is 2. The number of rotatable bonds is 27. The van der Waals surface area contributed by atoms with Crippen LogP contribution in [0.15, 0.2) is 17.1 Å². The first kappa shape index (κ1) is 41.9. The maximum absolute atomic E-state index is 12.3. The smallest absolute Gasteiger partial charge is 0.387 e. The van der Waals surface area contributed by atoms with Gasteiger partial charge in [0.15, 0.2) is 5.72 Å². The van der Waals surface area contributed by atoms with Gasteiger partial charge in [-0.2, -0.15) is 4.98 Å². The monoisotopic (exact) mass is 713 g/mol. The molecule has 0 spiro atoms. The minimum absolute atomic E-state index is 0.0460. The first-order valence-electron chi connectivity index (χ1n) is 16.9. The Labute approximate surface area is 278 Å². The third-order valence-corrected chi connectivity index (χ3v) is 10.9. The molecule has 1 fully saturated rings. The van der Waals surface area contributed by atoms with Gasteiger partial charge in [0.25, 0.3) is 0 Å². The van der Waals surface area contributed by atoms with Gasteiger partial charge < -0.3 is 39.9 Å². The van der Waals surface area contributed by atoms with Crippen molar-refractivity contribution >= 4 is 21.2 Å². The van der Waals surface area contributed by atoms with Crippen LogP contribution in [0.2, 0.25) is 0 Å². The fraction of sp³-hybridized carbons (Fsp3) is 0.867. The molecule has 2 heterocycles. The van der Waals surface area contributed by atoms with Gasteiger partial charge in [-0.3, -0.25) is 13.7 Å². The number of nitrogens with zero attached hydrogens (tertiary/aromatic N) is 2. The van der Waals surface area contributed by atoms with E-state index in [2.05, 4.69) is 16.2 Å². The Morgan fingerprint density at radius 2 is 1.45 bits per heavy atom. The zero-order chi connectivity index (χ0) is 34.8. The van der Waals surface area contributed by atoms with Gasteiger partial charge in [-0.15, -0.1) is 0 Å². The van der Waals surface area contributed by atoms with E-state index in [-0.39, 0.29) is 18.8 Å². The molecule has 1 aromatic rings. The zero-order valence-corrected chi connectivity index (χ0v) is 29.7. The molecule has 2 rings (SSSR count). The molecule has 0 saturated carbocycles. The van der Waals surface area contributed by atoms with Crippen LogP contribution in [0.25, 0.3) is 0 Å². The van der Waals surface area contributed by atoms with Gasteiger partial charge >= 0.3 is 21.1 Å². The van der Waals surface area contributed by atoms with Gasteiger partial charge in [0, 0.05) is 19.4 Å². The first-order valence-corrected chi connectivity index (χ1v) is 20.1. The molecule has 1 aliphatic heterocycles. The number of hydrogen-bond donors (Lipinski definition) is 5. The standard InChI is InChI=1S/C30H57N3O12P2/c1-3-4-5-6-7-8-9-10-11-12-13-14-15-16-20-41-21-17-22-43-47(39,40)45-46(37,38)24-42-23-25-27(34)28(35)30(2,44-25)33-19-18-26(31)32-29(33)36/h18-19,25,27-28,34-35H,3-17,20-24H2,1-2H3,(H,37,38)(H,39,40)(H2,31,32,36)/t25-,27-,28-,30-/m1/s1. The molecule has 1 aliphatic rings. The van der Waals surface area contributed by atoms with Crippen molar-refractivity contribution in [1.82, 2.24) is 9.55 Å². The second-order valence-electron chi connectivity index (χ2n) is 12.2. The Hall–Kier alpha value is -1.22. The summed E-state index contributed by atoms with van der Waals surface area (Å²) in [6.45, 7) is 3.71. The summed E-state index contributed by atoms with van der Waals surface area (Å²) >= 11 is 0. The lowest BCUT2D eigenvalue weighted by Gasteiger charge is -2.29. The molecule has 15 nitrogen and oxygen atoms in total. The summed E-state index contributed by atoms with van der Waals surface area (Å²) < 4.78 is 50.9. The number of unbranched alkanes of at least 4 members (excludes halogenated alkanes) is 13. The zero-order valence-electron chi connectivity index (χ0n) is 27.9. The van der Waals surface area contributed by atoms with E-state index in [1.54, 1.807) is 0 Å². The van der Waals surface area contributed by atoms with Crippen molar-refractivity contribution in [2.45, 2.75) is 134 Å². The predicted octanol–water partition coefficient (Wildman–Crippen LogP) is 4.80. The topological polar surface area (TPSA) is 222 Å². The molecule has 0 amide bonds. The number of hydrogen-bond acceptors (Lipinski definition) is 12. The Kier molecular flexibility index (Phi) is 19.4. The molecule has 1 saturated heterocycles. The molecular formula is C30H57N3O12P2. The largest absolute Gasteiger partial charge is 0.479 e. The van der Waals surface area contributed by atoms with Crippen LogP contribution in [0.5, 0.6) is 0 Å². The molecule has 1 aromatic heterocycles. The highest BCUT2D eigenvalue weighted by Crippen LogP contribution is 2.59. The van der Waals surface area contributed by atoms with Crippen molar-refractivity contribution in [3.05, 3.63) is 22.7 Å². The van der Waals surface area contributed by atoms with Crippen molar-refractivity contribution in [3.8, 4) is 0 Å². The number of ether oxygens (including phenoxy) is 3. The van der Waals surface area contributed by atoms with Gasteiger partial charge in [-0.05, 0) is 25.8 Å². The molecule has 2 unspecified atom stereocenters. The average molecular weight is 714 g/mol.